The van der Waals surface area contributed by atoms with Crippen LogP contribution in [0.25, 0.3) is 0 Å². The third kappa shape index (κ3) is 2.62. The maximum Gasteiger partial charge on any atom is 0.257 e. The minimum absolute atomic E-state index is 0.0108. The van der Waals surface area contributed by atoms with Gasteiger partial charge in [0.1, 0.15) is 6.10 Å². The summed E-state index contributed by atoms with van der Waals surface area (Å²) in [5.74, 6) is 1.51. The highest BCUT2D eigenvalue weighted by Crippen LogP contribution is 2.29. The van der Waals surface area contributed by atoms with E-state index in [0.717, 1.165) is 42.8 Å². The van der Waals surface area contributed by atoms with E-state index in [-0.39, 0.29) is 12.0 Å². The van der Waals surface area contributed by atoms with E-state index in [1.54, 1.807) is 13.3 Å². The molecule has 0 aliphatic carbocycles. The van der Waals surface area contributed by atoms with Crippen molar-refractivity contribution in [3.63, 3.8) is 0 Å². The van der Waals surface area contributed by atoms with E-state index in [1.165, 1.54) is 0 Å². The van der Waals surface area contributed by atoms with Gasteiger partial charge in [-0.2, -0.15) is 5.10 Å². The molecular formula is C18H21N3O3. The predicted octanol–water partition coefficient (Wildman–Crippen LogP) is 2.13. The molecule has 6 heteroatoms. The molecule has 24 heavy (non-hydrogen) atoms. The first kappa shape index (κ1) is 15.1. The molecule has 0 unspecified atom stereocenters. The molecule has 126 valence electrons. The van der Waals surface area contributed by atoms with Gasteiger partial charge >= 0.3 is 0 Å². The summed E-state index contributed by atoms with van der Waals surface area (Å²) in [5.41, 5.74) is 1.84. The molecule has 0 spiro atoms. The Balaban J connectivity index is 1.39. The Bertz CT molecular complexity index is 750. The van der Waals surface area contributed by atoms with Gasteiger partial charge in [-0.25, -0.2) is 0 Å². The van der Waals surface area contributed by atoms with E-state index in [9.17, 15) is 4.79 Å². The second-order valence-electron chi connectivity index (χ2n) is 6.29. The molecule has 0 radical (unpaired) electrons. The number of carbonyl (C=O) groups is 1. The number of rotatable bonds is 4. The van der Waals surface area contributed by atoms with Gasteiger partial charge < -0.3 is 14.4 Å². The van der Waals surface area contributed by atoms with Crippen LogP contribution in [0.4, 0.5) is 0 Å². The molecule has 4 rings (SSSR count). The quantitative estimate of drug-likeness (QED) is 0.863. The van der Waals surface area contributed by atoms with Gasteiger partial charge in [-0.1, -0.05) is 12.1 Å². The Morgan fingerprint density at radius 2 is 2.00 bits per heavy atom. The molecule has 2 aromatic rings. The third-order valence-corrected chi connectivity index (χ3v) is 4.71. The summed E-state index contributed by atoms with van der Waals surface area (Å²) in [6.07, 6.45) is 4.94. The van der Waals surface area contributed by atoms with Crippen LogP contribution in [0.2, 0.25) is 0 Å². The molecule has 0 atom stereocenters. The van der Waals surface area contributed by atoms with Crippen LogP contribution in [0.1, 0.15) is 28.9 Å². The average Bonchev–Trinajstić information content (AvgIpc) is 3.01. The maximum atomic E-state index is 12.7. The molecule has 2 aliphatic heterocycles. The maximum absolute atomic E-state index is 12.7. The van der Waals surface area contributed by atoms with Gasteiger partial charge in [0.25, 0.3) is 5.91 Å². The van der Waals surface area contributed by atoms with Crippen molar-refractivity contribution in [2.75, 3.05) is 20.2 Å². The highest BCUT2D eigenvalue weighted by Gasteiger charge is 2.35. The molecule has 1 saturated heterocycles. The third-order valence-electron chi connectivity index (χ3n) is 4.71. The fraction of sp³-hybridized carbons (Fsp3) is 0.444. The van der Waals surface area contributed by atoms with Crippen LogP contribution in [0.15, 0.2) is 30.5 Å². The lowest BCUT2D eigenvalue weighted by Crippen LogP contribution is -2.56. The lowest BCUT2D eigenvalue weighted by Gasteiger charge is -2.39. The molecule has 0 N–H and O–H groups in total. The van der Waals surface area contributed by atoms with Crippen LogP contribution in [-0.2, 0) is 13.0 Å². The number of benzene rings is 1. The number of fused-ring (bicyclic) bond motifs is 1. The van der Waals surface area contributed by atoms with Crippen molar-refractivity contribution in [1.29, 1.82) is 0 Å². The Morgan fingerprint density at radius 3 is 2.79 bits per heavy atom. The first-order valence-corrected chi connectivity index (χ1v) is 8.40. The van der Waals surface area contributed by atoms with Gasteiger partial charge in [-0.05, 0) is 31.4 Å². The molecule has 1 aromatic carbocycles. The molecular weight excluding hydrogens is 306 g/mol. The largest absolute Gasteiger partial charge is 0.493 e. The number of amides is 1. The molecule has 1 amide bonds. The van der Waals surface area contributed by atoms with E-state index in [0.29, 0.717) is 18.8 Å². The zero-order valence-electron chi connectivity index (χ0n) is 13.8. The van der Waals surface area contributed by atoms with Gasteiger partial charge in [0, 0.05) is 6.54 Å². The topological polar surface area (TPSA) is 56.6 Å². The number of methoxy groups -OCH3 is 1. The van der Waals surface area contributed by atoms with Crippen LogP contribution >= 0.6 is 0 Å². The summed E-state index contributed by atoms with van der Waals surface area (Å²) in [6, 6.07) is 7.58. The molecule has 0 saturated carbocycles. The van der Waals surface area contributed by atoms with Crippen LogP contribution in [0, 0.1) is 0 Å². The number of hydrogen-bond acceptors (Lipinski definition) is 4. The van der Waals surface area contributed by atoms with Crippen LogP contribution in [-0.4, -0.2) is 46.9 Å². The Kier molecular flexibility index (Phi) is 3.88. The van der Waals surface area contributed by atoms with Crippen LogP contribution in [0.3, 0.4) is 0 Å². The smallest absolute Gasteiger partial charge is 0.257 e. The summed E-state index contributed by atoms with van der Waals surface area (Å²) in [5, 5.41) is 4.35. The number of hydrogen-bond donors (Lipinski definition) is 0. The van der Waals surface area contributed by atoms with Crippen molar-refractivity contribution in [2.45, 2.75) is 31.9 Å². The van der Waals surface area contributed by atoms with Crippen molar-refractivity contribution in [2.24, 2.45) is 0 Å². The molecule has 3 heterocycles. The second-order valence-corrected chi connectivity index (χ2v) is 6.29. The number of aromatic nitrogens is 2. The molecule has 6 nitrogen and oxygen atoms in total. The number of aryl methyl sites for hydroxylation is 1. The van der Waals surface area contributed by atoms with Gasteiger partial charge in [-0.15, -0.1) is 0 Å². The lowest BCUT2D eigenvalue weighted by atomic mass is 10.0. The fourth-order valence-corrected chi connectivity index (χ4v) is 3.34. The highest BCUT2D eigenvalue weighted by atomic mass is 16.5. The predicted molar refractivity (Wildman–Crippen MR) is 88.5 cm³/mol. The Hall–Kier alpha value is -2.50. The van der Waals surface area contributed by atoms with E-state index < -0.39 is 0 Å². The summed E-state index contributed by atoms with van der Waals surface area (Å²) in [7, 11) is 1.63. The normalized spacial score (nSPS) is 17.1. The summed E-state index contributed by atoms with van der Waals surface area (Å²) in [4.78, 5) is 14.5. The van der Waals surface area contributed by atoms with Crippen molar-refractivity contribution in [1.82, 2.24) is 14.7 Å². The molecule has 2 aliphatic rings. The van der Waals surface area contributed by atoms with E-state index in [4.69, 9.17) is 9.47 Å². The lowest BCUT2D eigenvalue weighted by molar-refractivity contribution is 0.0167. The molecule has 1 aromatic heterocycles. The summed E-state index contributed by atoms with van der Waals surface area (Å²) in [6.45, 7) is 2.12. The average molecular weight is 327 g/mol. The fourth-order valence-electron chi connectivity index (χ4n) is 3.34. The van der Waals surface area contributed by atoms with E-state index in [1.807, 2.05) is 33.8 Å². The number of para-hydroxylation sites is 2. The van der Waals surface area contributed by atoms with Gasteiger partial charge in [0.05, 0.1) is 37.7 Å². The van der Waals surface area contributed by atoms with Crippen molar-refractivity contribution < 1.29 is 14.3 Å². The zero-order chi connectivity index (χ0) is 16.5. The SMILES string of the molecule is COc1ccccc1OC1CN(C(=O)c2cnn3c2CCCC3)C1. The number of nitrogens with zero attached hydrogens (tertiary/aromatic N) is 3. The van der Waals surface area contributed by atoms with Gasteiger partial charge in [0.2, 0.25) is 0 Å². The number of ether oxygens (including phenoxy) is 2. The standard InChI is InChI=1S/C18H21N3O3/c1-23-16-7-2-3-8-17(16)24-13-11-20(12-13)18(22)14-10-19-21-9-5-4-6-15(14)21/h2-3,7-8,10,13H,4-6,9,11-12H2,1H3. The highest BCUT2D eigenvalue weighted by molar-refractivity contribution is 5.95. The summed E-state index contributed by atoms with van der Waals surface area (Å²) >= 11 is 0. The van der Waals surface area contributed by atoms with Gasteiger partial charge in [-0.3, -0.25) is 9.48 Å². The first-order valence-electron chi connectivity index (χ1n) is 8.40. The molecule has 1 fully saturated rings. The first-order chi connectivity index (χ1) is 11.8. The van der Waals surface area contributed by atoms with E-state index in [2.05, 4.69) is 5.10 Å². The number of carbonyl (C=O) groups excluding carboxylic acids is 1. The minimum Gasteiger partial charge on any atom is -0.493 e. The van der Waals surface area contributed by atoms with Crippen LogP contribution < -0.4 is 9.47 Å². The van der Waals surface area contributed by atoms with Crippen LogP contribution in [0.5, 0.6) is 11.5 Å². The van der Waals surface area contributed by atoms with Crippen molar-refractivity contribution in [3.05, 3.63) is 41.7 Å². The minimum atomic E-state index is 0.0108. The van der Waals surface area contributed by atoms with Crippen molar-refractivity contribution in [3.8, 4) is 11.5 Å². The second kappa shape index (κ2) is 6.19. The Labute approximate surface area is 141 Å². The summed E-state index contributed by atoms with van der Waals surface area (Å²) < 4.78 is 13.2. The number of likely N-dealkylation sites (tertiary alicyclic amines) is 1. The monoisotopic (exact) mass is 327 g/mol. The zero-order valence-corrected chi connectivity index (χ0v) is 13.8. The Morgan fingerprint density at radius 1 is 1.21 bits per heavy atom. The van der Waals surface area contributed by atoms with E-state index >= 15 is 0 Å². The molecule has 0 bridgehead atoms. The van der Waals surface area contributed by atoms with Gasteiger partial charge in [0.15, 0.2) is 11.5 Å². The van der Waals surface area contributed by atoms with Crippen molar-refractivity contribution >= 4 is 5.91 Å².